The molecule has 0 saturated carbocycles. The summed E-state index contributed by atoms with van der Waals surface area (Å²) < 4.78 is 86.9. The van der Waals surface area contributed by atoms with Crippen molar-refractivity contribution in [3.8, 4) is 0 Å². The average Bonchev–Trinajstić information content (AvgIpc) is 2.92. The smallest absolute Gasteiger partial charge is 0.475 e. The SMILES string of the molecule is O=C(NCc1cccc(F)c1)c1ccc(N2CCNCC2)c(NS(=O)(=O)c2ccc(F)cc2)c1.O=C(O)C(F)(F)F. The number of aliphatic carboxylic acids is 1. The molecule has 0 bridgehead atoms. The van der Waals surface area contributed by atoms with Crippen LogP contribution in [0.15, 0.2) is 71.6 Å². The van der Waals surface area contributed by atoms with E-state index >= 15 is 0 Å². The third-order valence-electron chi connectivity index (χ3n) is 5.67. The number of hydrogen-bond acceptors (Lipinski definition) is 6. The summed E-state index contributed by atoms with van der Waals surface area (Å²) >= 11 is 0. The highest BCUT2D eigenvalue weighted by molar-refractivity contribution is 7.92. The Labute approximate surface area is 232 Å². The zero-order chi connectivity index (χ0) is 30.2. The largest absolute Gasteiger partial charge is 0.490 e. The van der Waals surface area contributed by atoms with Crippen LogP contribution in [-0.4, -0.2) is 57.8 Å². The Morgan fingerprint density at radius 1 is 0.927 bits per heavy atom. The summed E-state index contributed by atoms with van der Waals surface area (Å²) in [6.07, 6.45) is -5.08. The maximum absolute atomic E-state index is 13.4. The highest BCUT2D eigenvalue weighted by atomic mass is 32.2. The molecule has 3 aromatic carbocycles. The van der Waals surface area contributed by atoms with E-state index in [-0.39, 0.29) is 22.7 Å². The minimum Gasteiger partial charge on any atom is -0.475 e. The van der Waals surface area contributed by atoms with Gasteiger partial charge in [-0.2, -0.15) is 13.2 Å². The highest BCUT2D eigenvalue weighted by Crippen LogP contribution is 2.30. The number of piperazine rings is 1. The van der Waals surface area contributed by atoms with Crippen molar-refractivity contribution in [1.29, 1.82) is 0 Å². The summed E-state index contributed by atoms with van der Waals surface area (Å²) in [5, 5.41) is 13.1. The molecule has 0 aliphatic carbocycles. The zero-order valence-corrected chi connectivity index (χ0v) is 22.0. The Balaban J connectivity index is 0.000000587. The number of nitrogens with one attached hydrogen (secondary N) is 3. The molecule has 1 amide bonds. The number of nitrogens with zero attached hydrogens (tertiary/aromatic N) is 1. The lowest BCUT2D eigenvalue weighted by atomic mass is 10.1. The molecule has 3 aromatic rings. The van der Waals surface area contributed by atoms with E-state index in [0.29, 0.717) is 24.3 Å². The molecule has 0 spiro atoms. The van der Waals surface area contributed by atoms with E-state index in [2.05, 4.69) is 15.4 Å². The van der Waals surface area contributed by atoms with Gasteiger partial charge in [0.1, 0.15) is 11.6 Å². The number of benzene rings is 3. The molecule has 41 heavy (non-hydrogen) atoms. The standard InChI is InChI=1S/C24H24F2N4O3S.C2HF3O2/c25-19-5-7-21(8-6-19)34(32,33)29-22-15-18(4-9-23(22)30-12-10-27-11-13-30)24(31)28-16-17-2-1-3-20(26)14-17;3-2(4,5)1(6)7/h1-9,14-15,27,29H,10-13,16H2,(H,28,31);(H,6,7). The van der Waals surface area contributed by atoms with Crippen LogP contribution in [-0.2, 0) is 21.4 Å². The van der Waals surface area contributed by atoms with Gasteiger partial charge in [0.25, 0.3) is 15.9 Å². The first-order valence-electron chi connectivity index (χ1n) is 12.0. The molecular formula is C26H25F5N4O5S. The van der Waals surface area contributed by atoms with Gasteiger partial charge in [0.05, 0.1) is 16.3 Å². The van der Waals surface area contributed by atoms with Crippen LogP contribution in [0.25, 0.3) is 0 Å². The lowest BCUT2D eigenvalue weighted by Gasteiger charge is -2.31. The molecule has 0 radical (unpaired) electrons. The second kappa shape index (κ2) is 13.4. The number of carbonyl (C=O) groups is 2. The fourth-order valence-corrected chi connectivity index (χ4v) is 4.75. The molecule has 9 nitrogen and oxygen atoms in total. The Morgan fingerprint density at radius 3 is 2.15 bits per heavy atom. The van der Waals surface area contributed by atoms with E-state index in [9.17, 15) is 35.2 Å². The maximum Gasteiger partial charge on any atom is 0.490 e. The fourth-order valence-electron chi connectivity index (χ4n) is 3.69. The molecule has 1 aliphatic rings. The highest BCUT2D eigenvalue weighted by Gasteiger charge is 2.38. The molecule has 0 atom stereocenters. The number of amides is 1. The van der Waals surface area contributed by atoms with Crippen molar-refractivity contribution in [1.82, 2.24) is 10.6 Å². The van der Waals surface area contributed by atoms with Gasteiger partial charge >= 0.3 is 12.1 Å². The fraction of sp³-hybridized carbons (Fsp3) is 0.231. The van der Waals surface area contributed by atoms with Gasteiger partial charge in [-0.15, -0.1) is 0 Å². The second-order valence-corrected chi connectivity index (χ2v) is 10.3. The Kier molecular flexibility index (Phi) is 10.2. The molecule has 1 aliphatic heterocycles. The second-order valence-electron chi connectivity index (χ2n) is 8.64. The molecule has 4 N–H and O–H groups in total. The van der Waals surface area contributed by atoms with Crippen LogP contribution >= 0.6 is 0 Å². The number of sulfonamides is 1. The van der Waals surface area contributed by atoms with E-state index in [0.717, 1.165) is 25.2 Å². The van der Waals surface area contributed by atoms with Crippen LogP contribution in [0.3, 0.4) is 0 Å². The monoisotopic (exact) mass is 600 g/mol. The molecule has 1 saturated heterocycles. The summed E-state index contributed by atoms with van der Waals surface area (Å²) in [6, 6.07) is 15.2. The van der Waals surface area contributed by atoms with E-state index in [1.165, 1.54) is 30.3 Å². The van der Waals surface area contributed by atoms with Crippen LogP contribution in [0.1, 0.15) is 15.9 Å². The topological polar surface area (TPSA) is 128 Å². The minimum atomic E-state index is -5.08. The van der Waals surface area contributed by atoms with Gasteiger partial charge in [-0.05, 0) is 60.2 Å². The number of carboxylic acids is 1. The van der Waals surface area contributed by atoms with E-state index in [1.807, 2.05) is 4.90 Å². The molecule has 1 fully saturated rings. The van der Waals surface area contributed by atoms with Crippen LogP contribution in [0.2, 0.25) is 0 Å². The van der Waals surface area contributed by atoms with Crippen molar-refractivity contribution in [2.45, 2.75) is 17.6 Å². The molecule has 0 aromatic heterocycles. The number of halogens is 5. The summed E-state index contributed by atoms with van der Waals surface area (Å²) in [4.78, 5) is 23.6. The number of carbonyl (C=O) groups excluding carboxylic acids is 1. The molecule has 4 rings (SSSR count). The van der Waals surface area contributed by atoms with Crippen molar-refractivity contribution in [2.24, 2.45) is 0 Å². The molecule has 15 heteroatoms. The number of alkyl halides is 3. The first-order valence-corrected chi connectivity index (χ1v) is 13.5. The van der Waals surface area contributed by atoms with Crippen molar-refractivity contribution in [3.63, 3.8) is 0 Å². The first kappa shape index (κ1) is 31.3. The third kappa shape index (κ3) is 9.14. The number of anilines is 2. The van der Waals surface area contributed by atoms with Crippen LogP contribution in [0.5, 0.6) is 0 Å². The van der Waals surface area contributed by atoms with Crippen molar-refractivity contribution >= 4 is 33.3 Å². The summed E-state index contributed by atoms with van der Waals surface area (Å²) in [6.45, 7) is 2.92. The van der Waals surface area contributed by atoms with Crippen LogP contribution < -0.4 is 20.3 Å². The summed E-state index contributed by atoms with van der Waals surface area (Å²) in [5.41, 5.74) is 1.72. The predicted molar refractivity (Wildman–Crippen MR) is 140 cm³/mol. The average molecular weight is 601 g/mol. The first-order chi connectivity index (χ1) is 19.3. The number of carboxylic acid groups (broad SMARTS) is 1. The van der Waals surface area contributed by atoms with E-state index in [4.69, 9.17) is 9.90 Å². The minimum absolute atomic E-state index is 0.0962. The van der Waals surface area contributed by atoms with Crippen molar-refractivity contribution < 1.29 is 45.1 Å². The van der Waals surface area contributed by atoms with Gasteiger partial charge in [-0.1, -0.05) is 12.1 Å². The van der Waals surface area contributed by atoms with E-state index < -0.39 is 39.7 Å². The zero-order valence-electron chi connectivity index (χ0n) is 21.2. The normalized spacial score (nSPS) is 13.5. The Hall–Kier alpha value is -4.24. The van der Waals surface area contributed by atoms with Gasteiger partial charge < -0.3 is 20.6 Å². The maximum atomic E-state index is 13.4. The third-order valence-corrected chi connectivity index (χ3v) is 7.05. The lowest BCUT2D eigenvalue weighted by Crippen LogP contribution is -2.43. The molecule has 220 valence electrons. The van der Waals surface area contributed by atoms with Gasteiger partial charge in [-0.3, -0.25) is 9.52 Å². The Bertz CT molecular complexity index is 1480. The lowest BCUT2D eigenvalue weighted by molar-refractivity contribution is -0.192. The van der Waals surface area contributed by atoms with Gasteiger partial charge in [0.2, 0.25) is 0 Å². The van der Waals surface area contributed by atoms with Crippen molar-refractivity contribution in [2.75, 3.05) is 35.8 Å². The van der Waals surface area contributed by atoms with Gasteiger partial charge in [0.15, 0.2) is 0 Å². The number of rotatable bonds is 7. The Morgan fingerprint density at radius 2 is 1.56 bits per heavy atom. The van der Waals surface area contributed by atoms with Crippen LogP contribution in [0.4, 0.5) is 33.3 Å². The predicted octanol–water partition coefficient (Wildman–Crippen LogP) is 3.74. The quantitative estimate of drug-likeness (QED) is 0.305. The molecular weight excluding hydrogens is 575 g/mol. The molecule has 0 unspecified atom stereocenters. The summed E-state index contributed by atoms with van der Waals surface area (Å²) in [5.74, 6) is -4.13. The van der Waals surface area contributed by atoms with Gasteiger partial charge in [0, 0.05) is 38.3 Å². The van der Waals surface area contributed by atoms with Crippen LogP contribution in [0, 0.1) is 11.6 Å². The van der Waals surface area contributed by atoms with Crippen molar-refractivity contribution in [3.05, 3.63) is 89.5 Å². The summed E-state index contributed by atoms with van der Waals surface area (Å²) in [7, 11) is -4.03. The molecule has 1 heterocycles. The van der Waals surface area contributed by atoms with E-state index in [1.54, 1.807) is 24.3 Å². The van der Waals surface area contributed by atoms with Gasteiger partial charge in [-0.25, -0.2) is 22.0 Å². The number of hydrogen-bond donors (Lipinski definition) is 4.